The molecule has 0 aliphatic carbocycles. The van der Waals surface area contributed by atoms with Crippen LogP contribution in [0.25, 0.3) is 0 Å². The van der Waals surface area contributed by atoms with Crippen LogP contribution < -0.4 is 4.72 Å². The van der Waals surface area contributed by atoms with Gasteiger partial charge in [0, 0.05) is 25.2 Å². The number of amides is 1. The van der Waals surface area contributed by atoms with E-state index in [0.29, 0.717) is 12.8 Å². The molecule has 1 fully saturated rings. The average molecular weight is 451 g/mol. The van der Waals surface area contributed by atoms with E-state index < -0.39 is 39.4 Å². The molecule has 160 valence electrons. The quantitative estimate of drug-likeness (QED) is 0.759. The fraction of sp³-hybridized carbons (Fsp3) is 0.529. The zero-order valence-electron chi connectivity index (χ0n) is 15.8. The van der Waals surface area contributed by atoms with Gasteiger partial charge in [0.15, 0.2) is 5.69 Å². The highest BCUT2D eigenvalue weighted by Gasteiger charge is 2.42. The van der Waals surface area contributed by atoms with Crippen LogP contribution in [-0.2, 0) is 16.2 Å². The van der Waals surface area contributed by atoms with Crippen LogP contribution in [-0.4, -0.2) is 48.1 Å². The van der Waals surface area contributed by atoms with E-state index in [-0.39, 0.29) is 23.3 Å². The number of likely N-dealkylation sites (tertiary alicyclic amines) is 1. The summed E-state index contributed by atoms with van der Waals surface area (Å²) >= 11 is 1.10. The van der Waals surface area contributed by atoms with Crippen molar-refractivity contribution in [2.75, 3.05) is 13.1 Å². The monoisotopic (exact) mass is 450 g/mol. The van der Waals surface area contributed by atoms with Crippen molar-refractivity contribution < 1.29 is 26.4 Å². The molecule has 1 saturated heterocycles. The van der Waals surface area contributed by atoms with Crippen LogP contribution in [0, 0.1) is 0 Å². The van der Waals surface area contributed by atoms with Crippen LogP contribution in [0.3, 0.4) is 0 Å². The van der Waals surface area contributed by atoms with Crippen LogP contribution in [0.15, 0.2) is 27.9 Å². The molecular weight excluding hydrogens is 429 g/mol. The Balaban J connectivity index is 1.70. The van der Waals surface area contributed by atoms with Gasteiger partial charge in [-0.2, -0.15) is 18.3 Å². The van der Waals surface area contributed by atoms with E-state index >= 15 is 0 Å². The van der Waals surface area contributed by atoms with Crippen molar-refractivity contribution in [1.82, 2.24) is 19.4 Å². The summed E-state index contributed by atoms with van der Waals surface area (Å²) in [4.78, 5) is 14.0. The molecule has 0 unspecified atom stereocenters. The van der Waals surface area contributed by atoms with Crippen molar-refractivity contribution in [3.8, 4) is 0 Å². The van der Waals surface area contributed by atoms with Gasteiger partial charge in [-0.15, -0.1) is 11.3 Å². The molecule has 12 heteroatoms. The van der Waals surface area contributed by atoms with Crippen molar-refractivity contribution in [2.45, 2.75) is 49.2 Å². The van der Waals surface area contributed by atoms with Gasteiger partial charge in [0.1, 0.15) is 4.21 Å². The van der Waals surface area contributed by atoms with E-state index in [0.717, 1.165) is 22.2 Å². The van der Waals surface area contributed by atoms with Crippen LogP contribution >= 0.6 is 11.3 Å². The number of carbonyl (C=O) groups is 1. The van der Waals surface area contributed by atoms with Gasteiger partial charge >= 0.3 is 6.18 Å². The first-order valence-electron chi connectivity index (χ1n) is 9.00. The number of halogens is 3. The predicted octanol–water partition coefficient (Wildman–Crippen LogP) is 3.13. The first-order valence-corrected chi connectivity index (χ1v) is 11.4. The largest absolute Gasteiger partial charge is 0.433 e. The van der Waals surface area contributed by atoms with Gasteiger partial charge in [-0.05, 0) is 38.1 Å². The maximum atomic E-state index is 13.5. The topological polar surface area (TPSA) is 84.3 Å². The highest BCUT2D eigenvalue weighted by molar-refractivity contribution is 7.91. The van der Waals surface area contributed by atoms with Crippen molar-refractivity contribution in [1.29, 1.82) is 0 Å². The Morgan fingerprint density at radius 2 is 1.97 bits per heavy atom. The van der Waals surface area contributed by atoms with Crippen LogP contribution in [0.4, 0.5) is 13.2 Å². The lowest BCUT2D eigenvalue weighted by molar-refractivity contribution is -0.145. The molecule has 29 heavy (non-hydrogen) atoms. The smallest absolute Gasteiger partial charge is 0.338 e. The Morgan fingerprint density at radius 3 is 2.48 bits per heavy atom. The number of thiophene rings is 1. The molecule has 2 aromatic rings. The number of nitrogens with zero attached hydrogens (tertiary/aromatic N) is 3. The van der Waals surface area contributed by atoms with Crippen molar-refractivity contribution in [3.63, 3.8) is 0 Å². The summed E-state index contributed by atoms with van der Waals surface area (Å²) in [5, 5.41) is 5.41. The lowest BCUT2D eigenvalue weighted by Crippen LogP contribution is -2.46. The molecule has 1 aliphatic heterocycles. The number of piperidine rings is 1. The molecule has 2 aromatic heterocycles. The van der Waals surface area contributed by atoms with E-state index in [1.54, 1.807) is 25.3 Å². The molecular formula is C17H21F3N4O3S2. The third-order valence-corrected chi connectivity index (χ3v) is 7.57. The van der Waals surface area contributed by atoms with Crippen molar-refractivity contribution >= 4 is 27.3 Å². The number of rotatable bonds is 5. The summed E-state index contributed by atoms with van der Waals surface area (Å²) in [6, 6.07) is 2.20. The minimum Gasteiger partial charge on any atom is -0.338 e. The van der Waals surface area contributed by atoms with Gasteiger partial charge in [-0.3, -0.25) is 9.48 Å². The molecule has 0 spiro atoms. The number of sulfonamides is 1. The van der Waals surface area contributed by atoms with E-state index in [1.165, 1.54) is 11.0 Å². The Bertz CT molecular complexity index is 961. The molecule has 7 nitrogen and oxygen atoms in total. The number of carbonyl (C=O) groups excluding carboxylic acids is 1. The third kappa shape index (κ3) is 4.64. The number of hydrogen-bond acceptors (Lipinski definition) is 5. The molecule has 0 atom stereocenters. The second kappa shape index (κ2) is 8.07. The van der Waals surface area contributed by atoms with Crippen LogP contribution in [0.5, 0.6) is 0 Å². The minimum atomic E-state index is -4.71. The Kier molecular flexibility index (Phi) is 6.06. The SMILES string of the molecule is CC(C)n1ncc(C(=O)N2CCC(NS(=O)(=O)c3cccs3)CC2)c1C(F)(F)F. The predicted molar refractivity (Wildman–Crippen MR) is 101 cm³/mol. The molecule has 1 N–H and O–H groups in total. The van der Waals surface area contributed by atoms with Gasteiger partial charge in [-0.1, -0.05) is 6.07 Å². The standard InChI is InChI=1S/C17H21F3N4O3S2/c1-11(2)24-15(17(18,19)20)13(10-21-24)16(25)23-7-5-12(6-8-23)22-29(26,27)14-4-3-9-28-14/h3-4,9-12,22H,5-8H2,1-2H3. The van der Waals surface area contributed by atoms with Crippen molar-refractivity contribution in [3.05, 3.63) is 35.0 Å². The average Bonchev–Trinajstić information content (AvgIpc) is 3.31. The Morgan fingerprint density at radius 1 is 1.31 bits per heavy atom. The van der Waals surface area contributed by atoms with Gasteiger partial charge in [0.05, 0.1) is 11.8 Å². The maximum absolute atomic E-state index is 13.5. The Hall–Kier alpha value is -1.92. The second-order valence-corrected chi connectivity index (χ2v) is 9.95. The first-order chi connectivity index (χ1) is 13.5. The van der Waals surface area contributed by atoms with Gasteiger partial charge in [0.2, 0.25) is 10.0 Å². The summed E-state index contributed by atoms with van der Waals surface area (Å²) in [5.41, 5.74) is -1.54. The molecule has 0 radical (unpaired) electrons. The third-order valence-electron chi connectivity index (χ3n) is 4.65. The van der Waals surface area contributed by atoms with Crippen molar-refractivity contribution in [2.24, 2.45) is 0 Å². The highest BCUT2D eigenvalue weighted by Crippen LogP contribution is 2.34. The van der Waals surface area contributed by atoms with Gasteiger partial charge in [0.25, 0.3) is 5.91 Å². The molecule has 1 aliphatic rings. The molecule has 1 amide bonds. The molecule has 0 aromatic carbocycles. The number of alkyl halides is 3. The summed E-state index contributed by atoms with van der Waals surface area (Å²) in [6.07, 6.45) is -3.12. The lowest BCUT2D eigenvalue weighted by Gasteiger charge is -2.32. The van der Waals surface area contributed by atoms with E-state index in [4.69, 9.17) is 0 Å². The number of aromatic nitrogens is 2. The second-order valence-electron chi connectivity index (χ2n) is 7.06. The van der Waals surface area contributed by atoms with E-state index in [1.807, 2.05) is 0 Å². The molecule has 0 saturated carbocycles. The molecule has 0 bridgehead atoms. The molecule has 3 rings (SSSR count). The summed E-state index contributed by atoms with van der Waals surface area (Å²) < 4.78 is 68.7. The summed E-state index contributed by atoms with van der Waals surface area (Å²) in [5.74, 6) is -0.746. The van der Waals surface area contributed by atoms with Crippen LogP contribution in [0.2, 0.25) is 0 Å². The summed E-state index contributed by atoms with van der Waals surface area (Å²) in [7, 11) is -3.64. The molecule has 3 heterocycles. The fourth-order valence-corrected chi connectivity index (χ4v) is 5.57. The lowest BCUT2D eigenvalue weighted by atomic mass is 10.0. The normalized spacial score (nSPS) is 16.6. The van der Waals surface area contributed by atoms with E-state index in [9.17, 15) is 26.4 Å². The number of hydrogen-bond donors (Lipinski definition) is 1. The zero-order chi connectivity index (χ0) is 21.4. The number of nitrogens with one attached hydrogen (secondary N) is 1. The highest BCUT2D eigenvalue weighted by atomic mass is 32.2. The summed E-state index contributed by atoms with van der Waals surface area (Å²) in [6.45, 7) is 3.42. The first kappa shape index (κ1) is 21.8. The fourth-order valence-electron chi connectivity index (χ4n) is 3.26. The van der Waals surface area contributed by atoms with E-state index in [2.05, 4.69) is 9.82 Å². The minimum absolute atomic E-state index is 0.153. The maximum Gasteiger partial charge on any atom is 0.433 e. The van der Waals surface area contributed by atoms with Gasteiger partial charge in [-0.25, -0.2) is 13.1 Å². The zero-order valence-corrected chi connectivity index (χ0v) is 17.4. The van der Waals surface area contributed by atoms with Crippen LogP contribution in [0.1, 0.15) is 48.8 Å². The van der Waals surface area contributed by atoms with Gasteiger partial charge < -0.3 is 4.90 Å². The Labute approximate surface area is 170 Å².